The Hall–Kier alpha value is -2.82. The van der Waals surface area contributed by atoms with Gasteiger partial charge < -0.3 is 13.9 Å². The van der Waals surface area contributed by atoms with E-state index in [9.17, 15) is 9.18 Å². The van der Waals surface area contributed by atoms with Crippen LogP contribution in [0.1, 0.15) is 22.3 Å². The summed E-state index contributed by atoms with van der Waals surface area (Å²) in [4.78, 5) is 12.3. The molecule has 3 aromatic rings. The number of ketones is 1. The molecular formula is C19H17FO4. The van der Waals surface area contributed by atoms with E-state index in [0.717, 1.165) is 10.9 Å². The second-order valence-corrected chi connectivity index (χ2v) is 5.36. The molecule has 0 atom stereocenters. The van der Waals surface area contributed by atoms with Gasteiger partial charge >= 0.3 is 0 Å². The molecule has 5 heteroatoms. The number of rotatable bonds is 6. The molecule has 4 nitrogen and oxygen atoms in total. The first kappa shape index (κ1) is 16.1. The molecular weight excluding hydrogens is 311 g/mol. The number of carbonyl (C=O) groups excluding carboxylic acids is 1. The van der Waals surface area contributed by atoms with Crippen LogP contribution in [0.25, 0.3) is 11.0 Å². The minimum absolute atomic E-state index is 0.0525. The molecule has 0 spiro atoms. The minimum atomic E-state index is -0.358. The van der Waals surface area contributed by atoms with Crippen molar-refractivity contribution in [3.05, 3.63) is 59.6 Å². The molecule has 3 rings (SSSR count). The van der Waals surface area contributed by atoms with E-state index in [1.165, 1.54) is 24.3 Å². The van der Waals surface area contributed by atoms with E-state index in [0.29, 0.717) is 29.1 Å². The van der Waals surface area contributed by atoms with Crippen LogP contribution >= 0.6 is 0 Å². The normalized spacial score (nSPS) is 10.8. The zero-order valence-electron chi connectivity index (χ0n) is 13.5. The Labute approximate surface area is 138 Å². The van der Waals surface area contributed by atoms with Crippen LogP contribution in [0, 0.1) is 5.82 Å². The first-order valence-corrected chi connectivity index (χ1v) is 7.54. The molecule has 0 bridgehead atoms. The van der Waals surface area contributed by atoms with Gasteiger partial charge in [-0.3, -0.25) is 4.79 Å². The Bertz CT molecular complexity index is 865. The zero-order chi connectivity index (χ0) is 17.1. The predicted molar refractivity (Wildman–Crippen MR) is 88.4 cm³/mol. The minimum Gasteiger partial charge on any atom is -0.496 e. The highest BCUT2D eigenvalue weighted by Gasteiger charge is 2.17. The van der Waals surface area contributed by atoms with Crippen LogP contribution in [0.4, 0.5) is 4.39 Å². The van der Waals surface area contributed by atoms with Crippen molar-refractivity contribution in [2.45, 2.75) is 12.8 Å². The van der Waals surface area contributed by atoms with Gasteiger partial charge in [0.25, 0.3) is 0 Å². The SMILES string of the molecule is COc1c(CCC(=O)c2ccc(F)cc2)cc(OC)c2occc12. The lowest BCUT2D eigenvalue weighted by Gasteiger charge is -2.12. The summed E-state index contributed by atoms with van der Waals surface area (Å²) in [6.07, 6.45) is 2.34. The van der Waals surface area contributed by atoms with Gasteiger partial charge in [-0.25, -0.2) is 4.39 Å². The lowest BCUT2D eigenvalue weighted by atomic mass is 10.0. The van der Waals surface area contributed by atoms with Crippen molar-refractivity contribution < 1.29 is 23.1 Å². The number of fused-ring (bicyclic) bond motifs is 1. The number of furan rings is 1. The van der Waals surface area contributed by atoms with Gasteiger partial charge in [0.15, 0.2) is 17.1 Å². The predicted octanol–water partition coefficient (Wildman–Crippen LogP) is 4.40. The number of hydrogen-bond acceptors (Lipinski definition) is 4. The summed E-state index contributed by atoms with van der Waals surface area (Å²) < 4.78 is 29.2. The van der Waals surface area contributed by atoms with Crippen molar-refractivity contribution in [2.75, 3.05) is 14.2 Å². The largest absolute Gasteiger partial charge is 0.496 e. The Morgan fingerprint density at radius 3 is 2.54 bits per heavy atom. The first-order chi connectivity index (χ1) is 11.6. The van der Waals surface area contributed by atoms with Crippen molar-refractivity contribution in [1.29, 1.82) is 0 Å². The molecule has 124 valence electrons. The molecule has 24 heavy (non-hydrogen) atoms. The van der Waals surface area contributed by atoms with Gasteiger partial charge in [0.1, 0.15) is 11.6 Å². The second kappa shape index (κ2) is 6.74. The molecule has 2 aromatic carbocycles. The number of benzene rings is 2. The van der Waals surface area contributed by atoms with Crippen LogP contribution in [0.2, 0.25) is 0 Å². The van der Waals surface area contributed by atoms with Crippen LogP contribution in [0.3, 0.4) is 0 Å². The highest BCUT2D eigenvalue weighted by molar-refractivity contribution is 5.96. The van der Waals surface area contributed by atoms with Gasteiger partial charge in [-0.05, 0) is 48.4 Å². The Kier molecular flexibility index (Phi) is 4.51. The van der Waals surface area contributed by atoms with E-state index in [1.807, 2.05) is 12.1 Å². The van der Waals surface area contributed by atoms with Crippen LogP contribution < -0.4 is 9.47 Å². The molecule has 0 unspecified atom stereocenters. The Balaban J connectivity index is 1.86. The van der Waals surface area contributed by atoms with Gasteiger partial charge in [0, 0.05) is 12.0 Å². The summed E-state index contributed by atoms with van der Waals surface area (Å²) in [7, 11) is 3.15. The van der Waals surface area contributed by atoms with Crippen molar-refractivity contribution in [3.8, 4) is 11.5 Å². The van der Waals surface area contributed by atoms with Crippen LogP contribution in [0.5, 0.6) is 11.5 Å². The molecule has 0 radical (unpaired) electrons. The summed E-state index contributed by atoms with van der Waals surface area (Å²) in [6, 6.07) is 9.19. The molecule has 0 aliphatic rings. The molecule has 0 N–H and O–H groups in total. The number of hydrogen-bond donors (Lipinski definition) is 0. The van der Waals surface area contributed by atoms with Crippen molar-refractivity contribution in [2.24, 2.45) is 0 Å². The lowest BCUT2D eigenvalue weighted by Crippen LogP contribution is -2.03. The molecule has 0 saturated carbocycles. The fourth-order valence-electron chi connectivity index (χ4n) is 2.75. The van der Waals surface area contributed by atoms with Crippen molar-refractivity contribution in [3.63, 3.8) is 0 Å². The maximum Gasteiger partial charge on any atom is 0.179 e. The number of methoxy groups -OCH3 is 2. The standard InChI is InChI=1S/C19H17FO4/c1-22-17-11-13(18(23-2)15-9-10-24-19(15)17)5-8-16(21)12-3-6-14(20)7-4-12/h3-4,6-7,9-11H,5,8H2,1-2H3. The molecule has 1 heterocycles. The quantitative estimate of drug-likeness (QED) is 0.629. The summed E-state index contributed by atoms with van der Waals surface area (Å²) in [5.74, 6) is 0.859. The number of aryl methyl sites for hydroxylation is 1. The van der Waals surface area contributed by atoms with Gasteiger partial charge in [0.2, 0.25) is 0 Å². The van der Waals surface area contributed by atoms with Crippen LogP contribution in [0.15, 0.2) is 47.1 Å². The van der Waals surface area contributed by atoms with E-state index < -0.39 is 0 Å². The van der Waals surface area contributed by atoms with Gasteiger partial charge in [-0.15, -0.1) is 0 Å². The molecule has 0 amide bonds. The third-order valence-corrected chi connectivity index (χ3v) is 3.94. The topological polar surface area (TPSA) is 48.7 Å². The van der Waals surface area contributed by atoms with Gasteiger partial charge in [-0.2, -0.15) is 0 Å². The summed E-state index contributed by atoms with van der Waals surface area (Å²) in [5, 5.41) is 0.807. The van der Waals surface area contributed by atoms with Crippen molar-refractivity contribution >= 4 is 16.8 Å². The molecule has 0 aliphatic carbocycles. The number of Topliss-reactive ketones (excluding diaryl/α,β-unsaturated/α-hetero) is 1. The van der Waals surface area contributed by atoms with E-state index >= 15 is 0 Å². The highest BCUT2D eigenvalue weighted by atomic mass is 19.1. The third kappa shape index (κ3) is 2.97. The second-order valence-electron chi connectivity index (χ2n) is 5.36. The molecule has 0 fully saturated rings. The molecule has 0 aliphatic heterocycles. The Morgan fingerprint density at radius 2 is 1.88 bits per heavy atom. The van der Waals surface area contributed by atoms with E-state index in [2.05, 4.69) is 0 Å². The van der Waals surface area contributed by atoms with Gasteiger partial charge in [0.05, 0.1) is 25.9 Å². The smallest absolute Gasteiger partial charge is 0.179 e. The number of carbonyl (C=O) groups is 1. The zero-order valence-corrected chi connectivity index (χ0v) is 13.5. The van der Waals surface area contributed by atoms with E-state index in [1.54, 1.807) is 20.5 Å². The Morgan fingerprint density at radius 1 is 1.12 bits per heavy atom. The highest BCUT2D eigenvalue weighted by Crippen LogP contribution is 2.38. The third-order valence-electron chi connectivity index (χ3n) is 3.94. The number of ether oxygens (including phenoxy) is 2. The summed E-state index contributed by atoms with van der Waals surface area (Å²) in [6.45, 7) is 0. The molecule has 1 aromatic heterocycles. The van der Waals surface area contributed by atoms with Crippen molar-refractivity contribution in [1.82, 2.24) is 0 Å². The maximum atomic E-state index is 13.0. The summed E-state index contributed by atoms with van der Waals surface area (Å²) >= 11 is 0. The fourth-order valence-corrected chi connectivity index (χ4v) is 2.75. The average molecular weight is 328 g/mol. The van der Waals surface area contributed by atoms with Gasteiger partial charge in [-0.1, -0.05) is 0 Å². The fraction of sp³-hybridized carbons (Fsp3) is 0.211. The van der Waals surface area contributed by atoms with Crippen LogP contribution in [-0.2, 0) is 6.42 Å². The monoisotopic (exact) mass is 328 g/mol. The van der Waals surface area contributed by atoms with Crippen LogP contribution in [-0.4, -0.2) is 20.0 Å². The molecule has 0 saturated heterocycles. The first-order valence-electron chi connectivity index (χ1n) is 7.54. The summed E-state index contributed by atoms with van der Waals surface area (Å²) in [5.41, 5.74) is 1.97. The van der Waals surface area contributed by atoms with E-state index in [-0.39, 0.29) is 18.0 Å². The maximum absolute atomic E-state index is 13.0. The number of halogens is 1. The van der Waals surface area contributed by atoms with E-state index in [4.69, 9.17) is 13.9 Å². The average Bonchev–Trinajstić information content (AvgIpc) is 3.08. The lowest BCUT2D eigenvalue weighted by molar-refractivity contribution is 0.0982.